The van der Waals surface area contributed by atoms with Crippen LogP contribution in [0.1, 0.15) is 45.8 Å². The number of aryl methyl sites for hydroxylation is 1. The smallest absolute Gasteiger partial charge is 0.267 e. The molecule has 0 fully saturated rings. The van der Waals surface area contributed by atoms with Crippen molar-refractivity contribution in [3.8, 4) is 0 Å². The van der Waals surface area contributed by atoms with Gasteiger partial charge in [-0.1, -0.05) is 18.5 Å². The molecule has 0 aliphatic rings. The first-order valence-electron chi connectivity index (χ1n) is 9.45. The number of carbonyl (C=O) groups is 2. The Morgan fingerprint density at radius 1 is 1.17 bits per heavy atom. The van der Waals surface area contributed by atoms with E-state index in [1.54, 1.807) is 44.4 Å². The van der Waals surface area contributed by atoms with Crippen LogP contribution in [0.3, 0.4) is 0 Å². The molecule has 2 heterocycles. The first-order chi connectivity index (χ1) is 14.2. The van der Waals surface area contributed by atoms with E-state index in [0.717, 1.165) is 15.9 Å². The van der Waals surface area contributed by atoms with Gasteiger partial charge in [-0.3, -0.25) is 14.4 Å². The van der Waals surface area contributed by atoms with E-state index < -0.39 is 0 Å². The number of hydrogen-bond donors (Lipinski definition) is 1. The van der Waals surface area contributed by atoms with Crippen molar-refractivity contribution in [3.63, 3.8) is 0 Å². The molecular formula is C22H23ClN4O3. The second-order valence-corrected chi connectivity index (χ2v) is 7.82. The molecule has 3 rings (SSSR count). The fourth-order valence-corrected chi connectivity index (χ4v) is 3.16. The van der Waals surface area contributed by atoms with Crippen molar-refractivity contribution in [2.24, 2.45) is 0 Å². The molecule has 0 spiro atoms. The average molecular weight is 427 g/mol. The van der Waals surface area contributed by atoms with Gasteiger partial charge in [-0.05, 0) is 48.9 Å². The zero-order valence-corrected chi connectivity index (χ0v) is 18.0. The average Bonchev–Trinajstić information content (AvgIpc) is 3.10. The number of nitrogens with zero attached hydrogens (tertiary/aromatic N) is 3. The summed E-state index contributed by atoms with van der Waals surface area (Å²) in [6.07, 6.45) is 0. The number of carbonyl (C=O) groups excluding carboxylic acids is 2. The summed E-state index contributed by atoms with van der Waals surface area (Å²) in [5.74, 6) is -0.560. The highest BCUT2D eigenvalue weighted by Gasteiger charge is 2.20. The maximum absolute atomic E-state index is 12.9. The van der Waals surface area contributed by atoms with Crippen molar-refractivity contribution in [1.82, 2.24) is 19.7 Å². The van der Waals surface area contributed by atoms with E-state index in [2.05, 4.69) is 10.1 Å². The lowest BCUT2D eigenvalue weighted by Crippen LogP contribution is -2.33. The van der Waals surface area contributed by atoms with Crippen molar-refractivity contribution in [3.05, 3.63) is 86.0 Å². The van der Waals surface area contributed by atoms with E-state index in [9.17, 15) is 14.4 Å². The van der Waals surface area contributed by atoms with E-state index in [1.165, 1.54) is 11.0 Å². The molecule has 1 amide bonds. The minimum atomic E-state index is -0.345. The van der Waals surface area contributed by atoms with E-state index in [0.29, 0.717) is 22.0 Å². The van der Waals surface area contributed by atoms with E-state index in [4.69, 9.17) is 11.6 Å². The summed E-state index contributed by atoms with van der Waals surface area (Å²) >= 11 is 5.91. The molecule has 3 aromatic rings. The number of amides is 1. The number of likely N-dealkylation sites (N-methyl/N-ethyl adjacent to an activating group) is 1. The minimum Gasteiger partial charge on any atom is -0.355 e. The molecule has 0 aliphatic carbocycles. The van der Waals surface area contributed by atoms with Crippen LogP contribution < -0.4 is 5.56 Å². The largest absolute Gasteiger partial charge is 0.355 e. The topological polar surface area (TPSA) is 88.1 Å². The third kappa shape index (κ3) is 4.52. The molecule has 1 atom stereocenters. The number of rotatable bonds is 6. The van der Waals surface area contributed by atoms with Crippen LogP contribution >= 0.6 is 11.6 Å². The summed E-state index contributed by atoms with van der Waals surface area (Å²) in [5, 5.41) is 4.93. The van der Waals surface area contributed by atoms with E-state index in [-0.39, 0.29) is 29.7 Å². The number of aromatic nitrogens is 3. The Kier molecular flexibility index (Phi) is 6.22. The Hall–Kier alpha value is -3.19. The van der Waals surface area contributed by atoms with Crippen molar-refractivity contribution in [1.29, 1.82) is 0 Å². The second-order valence-electron chi connectivity index (χ2n) is 7.38. The zero-order chi connectivity index (χ0) is 22.0. The molecule has 7 nitrogen and oxygen atoms in total. The lowest BCUT2D eigenvalue weighted by Gasteiger charge is -2.14. The Bertz CT molecular complexity index is 1150. The number of aromatic amines is 1. The van der Waals surface area contributed by atoms with Crippen LogP contribution in [0.4, 0.5) is 0 Å². The van der Waals surface area contributed by atoms with Crippen LogP contribution in [-0.2, 0) is 11.3 Å². The molecule has 1 aromatic carbocycles. The zero-order valence-electron chi connectivity index (χ0n) is 17.3. The fourth-order valence-electron chi connectivity index (χ4n) is 3.04. The normalized spacial score (nSPS) is 11.9. The fraction of sp³-hybridized carbons (Fsp3) is 0.273. The molecule has 0 saturated carbocycles. The number of ketones is 1. The lowest BCUT2D eigenvalue weighted by atomic mass is 10.0. The monoisotopic (exact) mass is 426 g/mol. The highest BCUT2D eigenvalue weighted by molar-refractivity contribution is 6.30. The highest BCUT2D eigenvalue weighted by atomic mass is 35.5. The van der Waals surface area contributed by atoms with Crippen LogP contribution in [0.15, 0.2) is 47.3 Å². The molecule has 1 unspecified atom stereocenters. The number of nitrogens with one attached hydrogen (secondary N) is 1. The maximum atomic E-state index is 12.9. The van der Waals surface area contributed by atoms with Crippen molar-refractivity contribution in [2.75, 3.05) is 14.1 Å². The van der Waals surface area contributed by atoms with Gasteiger partial charge in [0, 0.05) is 42.4 Å². The van der Waals surface area contributed by atoms with E-state index in [1.807, 2.05) is 19.9 Å². The predicted molar refractivity (Wildman–Crippen MR) is 115 cm³/mol. The van der Waals surface area contributed by atoms with Crippen molar-refractivity contribution >= 4 is 23.3 Å². The number of H-pyrrole nitrogens is 1. The van der Waals surface area contributed by atoms with Gasteiger partial charge in [-0.2, -0.15) is 5.10 Å². The van der Waals surface area contributed by atoms with Crippen LogP contribution in [0, 0.1) is 6.92 Å². The Morgan fingerprint density at radius 3 is 2.47 bits per heavy atom. The van der Waals surface area contributed by atoms with Gasteiger partial charge >= 0.3 is 0 Å². The molecule has 8 heteroatoms. The van der Waals surface area contributed by atoms with Gasteiger partial charge in [0.1, 0.15) is 6.54 Å². The summed E-state index contributed by atoms with van der Waals surface area (Å²) < 4.78 is 1.16. The Labute approximate surface area is 179 Å². The lowest BCUT2D eigenvalue weighted by molar-refractivity contribution is -0.129. The summed E-state index contributed by atoms with van der Waals surface area (Å²) in [5.41, 5.74) is 2.91. The standard InChI is InChI=1S/C22H23ClN4O3/c1-13-11-18(24-21(13)22(30)15-5-7-16(23)8-6-15)14(2)17-9-10-19(28)27(25-17)12-20(29)26(3)4/h5-11,14,24H,12H2,1-4H3. The molecule has 30 heavy (non-hydrogen) atoms. The summed E-state index contributed by atoms with van der Waals surface area (Å²) in [6.45, 7) is 3.66. The second kappa shape index (κ2) is 8.67. The van der Waals surface area contributed by atoms with Gasteiger partial charge in [0.15, 0.2) is 0 Å². The molecule has 156 valence electrons. The number of benzene rings is 1. The molecule has 0 saturated heterocycles. The van der Waals surface area contributed by atoms with Crippen LogP contribution in [0.5, 0.6) is 0 Å². The van der Waals surface area contributed by atoms with Gasteiger partial charge in [-0.15, -0.1) is 0 Å². The SMILES string of the molecule is Cc1cc(C(C)c2ccc(=O)n(CC(=O)N(C)C)n2)[nH]c1C(=O)c1ccc(Cl)cc1. The van der Waals surface area contributed by atoms with Crippen LogP contribution in [-0.4, -0.2) is 45.5 Å². The van der Waals surface area contributed by atoms with Gasteiger partial charge in [0.05, 0.1) is 11.4 Å². The molecule has 0 radical (unpaired) electrons. The van der Waals surface area contributed by atoms with Gasteiger partial charge in [-0.25, -0.2) is 4.68 Å². The number of halogens is 1. The molecule has 1 N–H and O–H groups in total. The Balaban J connectivity index is 1.89. The first kappa shape index (κ1) is 21.5. The Morgan fingerprint density at radius 2 is 1.83 bits per heavy atom. The number of hydrogen-bond acceptors (Lipinski definition) is 4. The van der Waals surface area contributed by atoms with Gasteiger partial charge in [0.2, 0.25) is 11.7 Å². The third-order valence-electron chi connectivity index (χ3n) is 4.95. The van der Waals surface area contributed by atoms with E-state index >= 15 is 0 Å². The maximum Gasteiger partial charge on any atom is 0.267 e. The van der Waals surface area contributed by atoms with Crippen LogP contribution in [0.2, 0.25) is 5.02 Å². The molecule has 0 bridgehead atoms. The molecule has 0 aliphatic heterocycles. The first-order valence-corrected chi connectivity index (χ1v) is 9.83. The van der Waals surface area contributed by atoms with Crippen LogP contribution in [0.25, 0.3) is 0 Å². The van der Waals surface area contributed by atoms with Crippen molar-refractivity contribution < 1.29 is 9.59 Å². The molecular weight excluding hydrogens is 404 g/mol. The predicted octanol–water partition coefficient (Wildman–Crippen LogP) is 3.00. The van der Waals surface area contributed by atoms with Gasteiger partial charge < -0.3 is 9.88 Å². The quantitative estimate of drug-likeness (QED) is 0.614. The van der Waals surface area contributed by atoms with Gasteiger partial charge in [0.25, 0.3) is 5.56 Å². The summed E-state index contributed by atoms with van der Waals surface area (Å²) in [6, 6.07) is 11.7. The molecule has 2 aromatic heterocycles. The third-order valence-corrected chi connectivity index (χ3v) is 5.20. The highest BCUT2D eigenvalue weighted by Crippen LogP contribution is 2.25. The minimum absolute atomic E-state index is 0.128. The summed E-state index contributed by atoms with van der Waals surface area (Å²) in [4.78, 5) is 41.5. The van der Waals surface area contributed by atoms with Crippen molar-refractivity contribution in [2.45, 2.75) is 26.3 Å². The summed E-state index contributed by atoms with van der Waals surface area (Å²) in [7, 11) is 3.25.